The van der Waals surface area contributed by atoms with Crippen molar-refractivity contribution in [3.63, 3.8) is 0 Å². The van der Waals surface area contributed by atoms with E-state index in [1.165, 1.54) is 0 Å². The molecule has 0 atom stereocenters. The molecule has 0 aliphatic rings. The van der Waals surface area contributed by atoms with Crippen LogP contribution in [0.3, 0.4) is 0 Å². The second kappa shape index (κ2) is 5.05. The van der Waals surface area contributed by atoms with Gasteiger partial charge >= 0.3 is 6.18 Å². The van der Waals surface area contributed by atoms with Crippen LogP contribution in [0.25, 0.3) is 11.3 Å². The van der Waals surface area contributed by atoms with Gasteiger partial charge in [-0.05, 0) is 12.0 Å². The summed E-state index contributed by atoms with van der Waals surface area (Å²) in [6.07, 6.45) is -3.60. The highest BCUT2D eigenvalue weighted by atomic mass is 19.4. The summed E-state index contributed by atoms with van der Waals surface area (Å²) in [5, 5.41) is 5.79. The van der Waals surface area contributed by atoms with Gasteiger partial charge in [0.1, 0.15) is 5.69 Å². The molecule has 102 valence electrons. The number of hydrogen-bond donors (Lipinski definition) is 2. The highest BCUT2D eigenvalue weighted by Gasteiger charge is 2.36. The zero-order valence-corrected chi connectivity index (χ0v) is 10.4. The average Bonchev–Trinajstić information content (AvgIpc) is 2.82. The van der Waals surface area contributed by atoms with Crippen LogP contribution in [0.4, 0.5) is 13.2 Å². The van der Waals surface area contributed by atoms with Crippen LogP contribution in [0.15, 0.2) is 24.3 Å². The normalized spacial score (nSPS) is 11.8. The van der Waals surface area contributed by atoms with Crippen LogP contribution in [-0.2, 0) is 19.1 Å². The van der Waals surface area contributed by atoms with Crippen LogP contribution in [-0.4, -0.2) is 10.2 Å². The van der Waals surface area contributed by atoms with E-state index >= 15 is 0 Å². The van der Waals surface area contributed by atoms with Crippen LogP contribution in [0.1, 0.15) is 23.7 Å². The zero-order chi connectivity index (χ0) is 14.0. The van der Waals surface area contributed by atoms with Gasteiger partial charge in [-0.25, -0.2) is 0 Å². The van der Waals surface area contributed by atoms with Crippen LogP contribution in [0, 0.1) is 0 Å². The second-order valence-electron chi connectivity index (χ2n) is 4.18. The molecule has 3 N–H and O–H groups in total. The summed E-state index contributed by atoms with van der Waals surface area (Å²) in [5.74, 6) is 0. The lowest BCUT2D eigenvalue weighted by atomic mass is 10.0. The number of nitrogens with two attached hydrogens (primary N) is 1. The van der Waals surface area contributed by atoms with Crippen molar-refractivity contribution in [3.05, 3.63) is 41.1 Å². The number of hydrogen-bond acceptors (Lipinski definition) is 2. The molecule has 0 spiro atoms. The van der Waals surface area contributed by atoms with Crippen LogP contribution < -0.4 is 5.73 Å². The minimum atomic E-state index is -4.47. The molecule has 0 radical (unpaired) electrons. The van der Waals surface area contributed by atoms with Crippen molar-refractivity contribution in [3.8, 4) is 11.3 Å². The lowest BCUT2D eigenvalue weighted by Gasteiger charge is -2.07. The van der Waals surface area contributed by atoms with E-state index in [2.05, 4.69) is 5.10 Å². The maximum atomic E-state index is 12.8. The van der Waals surface area contributed by atoms with Gasteiger partial charge in [-0.15, -0.1) is 0 Å². The van der Waals surface area contributed by atoms with E-state index in [1.807, 2.05) is 24.2 Å². The first-order valence-corrected chi connectivity index (χ1v) is 5.91. The van der Waals surface area contributed by atoms with Crippen molar-refractivity contribution >= 4 is 0 Å². The maximum Gasteiger partial charge on any atom is 0.433 e. The minimum Gasteiger partial charge on any atom is -0.326 e. The Bertz CT molecular complexity index is 556. The summed E-state index contributed by atoms with van der Waals surface area (Å²) < 4.78 is 38.3. The van der Waals surface area contributed by atoms with Gasteiger partial charge in [0.2, 0.25) is 0 Å². The topological polar surface area (TPSA) is 54.7 Å². The molecule has 6 heteroatoms. The fourth-order valence-electron chi connectivity index (χ4n) is 1.94. The molecule has 0 aliphatic carbocycles. The van der Waals surface area contributed by atoms with Crippen LogP contribution >= 0.6 is 0 Å². The Kier molecular flexibility index (Phi) is 3.61. The van der Waals surface area contributed by atoms with Gasteiger partial charge in [0.25, 0.3) is 0 Å². The van der Waals surface area contributed by atoms with E-state index in [4.69, 9.17) is 5.73 Å². The number of nitrogens with one attached hydrogen (secondary N) is 1. The minimum absolute atomic E-state index is 0.00301. The van der Waals surface area contributed by atoms with E-state index in [0.717, 1.165) is 12.0 Å². The third kappa shape index (κ3) is 2.63. The Morgan fingerprint density at radius 1 is 1.21 bits per heavy atom. The number of benzene rings is 1. The SMILES string of the molecule is CCc1ccc(-c2n[nH]c(C(F)(F)F)c2CN)cc1. The first-order chi connectivity index (χ1) is 8.97. The molecule has 3 nitrogen and oxygen atoms in total. The largest absolute Gasteiger partial charge is 0.433 e. The Morgan fingerprint density at radius 2 is 1.84 bits per heavy atom. The number of aromatic amines is 1. The molecule has 0 aliphatic heterocycles. The third-order valence-electron chi connectivity index (χ3n) is 2.99. The van der Waals surface area contributed by atoms with Gasteiger partial charge in [0.15, 0.2) is 0 Å². The predicted molar refractivity (Wildman–Crippen MR) is 66.3 cm³/mol. The van der Waals surface area contributed by atoms with Crippen molar-refractivity contribution in [2.24, 2.45) is 5.73 Å². The van der Waals surface area contributed by atoms with E-state index in [0.29, 0.717) is 5.56 Å². The molecule has 0 fully saturated rings. The van der Waals surface area contributed by atoms with Crippen molar-refractivity contribution in [2.45, 2.75) is 26.1 Å². The Labute approximate surface area is 108 Å². The number of halogens is 3. The summed E-state index contributed by atoms with van der Waals surface area (Å²) in [4.78, 5) is 0. The predicted octanol–water partition coefficient (Wildman–Crippen LogP) is 3.12. The number of alkyl halides is 3. The molecule has 2 rings (SSSR count). The fourth-order valence-corrected chi connectivity index (χ4v) is 1.94. The smallest absolute Gasteiger partial charge is 0.326 e. The van der Waals surface area contributed by atoms with Gasteiger partial charge < -0.3 is 5.73 Å². The van der Waals surface area contributed by atoms with Crippen LogP contribution in [0.2, 0.25) is 0 Å². The third-order valence-corrected chi connectivity index (χ3v) is 2.99. The zero-order valence-electron chi connectivity index (χ0n) is 10.4. The second-order valence-corrected chi connectivity index (χ2v) is 4.18. The fraction of sp³-hybridized carbons (Fsp3) is 0.308. The Balaban J connectivity index is 2.47. The van der Waals surface area contributed by atoms with Gasteiger partial charge in [-0.3, -0.25) is 5.10 Å². The van der Waals surface area contributed by atoms with Gasteiger partial charge in [-0.1, -0.05) is 31.2 Å². The molecule has 1 aromatic carbocycles. The van der Waals surface area contributed by atoms with E-state index in [1.54, 1.807) is 12.1 Å². The molecule has 0 saturated carbocycles. The number of rotatable bonds is 3. The number of H-pyrrole nitrogens is 1. The molecule has 19 heavy (non-hydrogen) atoms. The first kappa shape index (κ1) is 13.6. The van der Waals surface area contributed by atoms with E-state index < -0.39 is 11.9 Å². The molecular formula is C13H14F3N3. The van der Waals surface area contributed by atoms with Crippen LogP contribution in [0.5, 0.6) is 0 Å². The molecule has 0 amide bonds. The molecular weight excluding hydrogens is 255 g/mol. The standard InChI is InChI=1S/C13H14F3N3/c1-2-8-3-5-9(6-4-8)11-10(7-17)12(19-18-11)13(14,15)16/h3-6H,2,7,17H2,1H3,(H,18,19). The van der Waals surface area contributed by atoms with E-state index in [9.17, 15) is 13.2 Å². The molecule has 1 heterocycles. The highest BCUT2D eigenvalue weighted by molar-refractivity contribution is 5.64. The van der Waals surface area contributed by atoms with Crippen molar-refractivity contribution in [1.29, 1.82) is 0 Å². The summed E-state index contributed by atoms with van der Waals surface area (Å²) in [6, 6.07) is 7.26. The number of nitrogens with zero attached hydrogens (tertiary/aromatic N) is 1. The Hall–Kier alpha value is -1.82. The summed E-state index contributed by atoms with van der Waals surface area (Å²) in [6.45, 7) is 1.80. The van der Waals surface area contributed by atoms with Crippen molar-refractivity contribution in [2.75, 3.05) is 0 Å². The monoisotopic (exact) mass is 269 g/mol. The summed E-state index contributed by atoms with van der Waals surface area (Å²) >= 11 is 0. The van der Waals surface area contributed by atoms with Crippen molar-refractivity contribution in [1.82, 2.24) is 10.2 Å². The van der Waals surface area contributed by atoms with E-state index in [-0.39, 0.29) is 17.8 Å². The van der Waals surface area contributed by atoms with Gasteiger partial charge in [0, 0.05) is 17.7 Å². The molecule has 0 bridgehead atoms. The molecule has 0 saturated heterocycles. The molecule has 2 aromatic rings. The lowest BCUT2D eigenvalue weighted by molar-refractivity contribution is -0.141. The Morgan fingerprint density at radius 3 is 2.32 bits per heavy atom. The average molecular weight is 269 g/mol. The summed E-state index contributed by atoms with van der Waals surface area (Å²) in [7, 11) is 0. The van der Waals surface area contributed by atoms with Gasteiger partial charge in [0.05, 0.1) is 5.69 Å². The van der Waals surface area contributed by atoms with Gasteiger partial charge in [-0.2, -0.15) is 18.3 Å². The summed E-state index contributed by atoms with van der Waals surface area (Å²) in [5.41, 5.74) is 6.56. The quantitative estimate of drug-likeness (QED) is 0.899. The molecule has 0 unspecified atom stereocenters. The maximum absolute atomic E-state index is 12.8. The lowest BCUT2D eigenvalue weighted by Crippen LogP contribution is -2.11. The number of aryl methyl sites for hydroxylation is 1. The number of aromatic nitrogens is 2. The van der Waals surface area contributed by atoms with Crippen molar-refractivity contribution < 1.29 is 13.2 Å². The first-order valence-electron chi connectivity index (χ1n) is 5.91. The highest BCUT2D eigenvalue weighted by Crippen LogP contribution is 2.34. The molecule has 1 aromatic heterocycles.